The number of aryl methyl sites for hydroxylation is 3. The van der Waals surface area contributed by atoms with Crippen LogP contribution in [0.15, 0.2) is 63.0 Å². The van der Waals surface area contributed by atoms with E-state index in [1.807, 2.05) is 13.8 Å². The molecular formula is C24H20BrNO5. The average molecular weight is 482 g/mol. The van der Waals surface area contributed by atoms with Crippen LogP contribution in [0.2, 0.25) is 0 Å². The monoisotopic (exact) mass is 481 g/mol. The average Bonchev–Trinajstić information content (AvgIpc) is 3.27. The molecule has 0 bridgehead atoms. The van der Waals surface area contributed by atoms with Crippen molar-refractivity contribution in [2.24, 2.45) is 0 Å². The van der Waals surface area contributed by atoms with Gasteiger partial charge in [0.1, 0.15) is 29.1 Å². The van der Waals surface area contributed by atoms with Crippen LogP contribution >= 0.6 is 15.9 Å². The molecule has 0 saturated carbocycles. The number of ketones is 1. The lowest BCUT2D eigenvalue weighted by Gasteiger charge is -2.24. The Hall–Kier alpha value is -3.32. The van der Waals surface area contributed by atoms with Gasteiger partial charge in [0.15, 0.2) is 0 Å². The predicted molar refractivity (Wildman–Crippen MR) is 120 cm³/mol. The number of nitrogens with zero attached hydrogens (tertiary/aromatic N) is 1. The molecule has 0 radical (unpaired) electrons. The minimum absolute atomic E-state index is 0.0954. The van der Waals surface area contributed by atoms with Crippen LogP contribution in [0.25, 0.3) is 5.76 Å². The second-order valence-electron chi connectivity index (χ2n) is 7.57. The van der Waals surface area contributed by atoms with Crippen molar-refractivity contribution in [1.82, 2.24) is 0 Å². The molecule has 2 aromatic carbocycles. The van der Waals surface area contributed by atoms with Gasteiger partial charge in [-0.3, -0.25) is 14.5 Å². The molecule has 2 N–H and O–H groups in total. The number of halogens is 1. The maximum Gasteiger partial charge on any atom is 0.300 e. The number of carbonyl (C=O) groups is 2. The normalized spacial score (nSPS) is 18.1. The lowest BCUT2D eigenvalue weighted by atomic mass is 9.98. The molecule has 31 heavy (non-hydrogen) atoms. The lowest BCUT2D eigenvalue weighted by molar-refractivity contribution is -0.132. The van der Waals surface area contributed by atoms with Gasteiger partial charge in [-0.1, -0.05) is 28.1 Å². The van der Waals surface area contributed by atoms with Crippen LogP contribution in [-0.4, -0.2) is 21.9 Å². The van der Waals surface area contributed by atoms with Crippen molar-refractivity contribution in [2.75, 3.05) is 4.90 Å². The van der Waals surface area contributed by atoms with E-state index in [4.69, 9.17) is 4.42 Å². The molecule has 6 nitrogen and oxygen atoms in total. The predicted octanol–water partition coefficient (Wildman–Crippen LogP) is 5.30. The van der Waals surface area contributed by atoms with E-state index >= 15 is 0 Å². The summed E-state index contributed by atoms with van der Waals surface area (Å²) in [6.45, 7) is 5.42. The second kappa shape index (κ2) is 7.74. The number of aliphatic hydroxyl groups excluding tert-OH is 1. The molecule has 158 valence electrons. The Bertz CT molecular complexity index is 1260. The Morgan fingerprint density at radius 2 is 1.77 bits per heavy atom. The zero-order valence-corrected chi connectivity index (χ0v) is 18.7. The number of aliphatic hydroxyl groups is 1. The fourth-order valence-electron chi connectivity index (χ4n) is 3.72. The molecular weight excluding hydrogens is 462 g/mol. The summed E-state index contributed by atoms with van der Waals surface area (Å²) in [6, 6.07) is 12.3. The molecule has 0 spiro atoms. The Kier molecular flexibility index (Phi) is 5.23. The summed E-state index contributed by atoms with van der Waals surface area (Å²) in [5.41, 5.74) is 2.14. The van der Waals surface area contributed by atoms with Crippen molar-refractivity contribution < 1.29 is 24.2 Å². The minimum Gasteiger partial charge on any atom is -0.507 e. The summed E-state index contributed by atoms with van der Waals surface area (Å²) in [6.07, 6.45) is 0. The largest absolute Gasteiger partial charge is 0.507 e. The number of phenols is 1. The topological polar surface area (TPSA) is 91.0 Å². The van der Waals surface area contributed by atoms with E-state index < -0.39 is 17.7 Å². The van der Waals surface area contributed by atoms with Gasteiger partial charge < -0.3 is 14.6 Å². The molecule has 1 atom stereocenters. The first-order valence-corrected chi connectivity index (χ1v) is 10.4. The number of Topliss-reactive ketones (excluding diaryl/α,β-unsaturated/α-hetero) is 1. The van der Waals surface area contributed by atoms with E-state index in [0.717, 1.165) is 15.6 Å². The van der Waals surface area contributed by atoms with E-state index in [1.165, 1.54) is 11.0 Å². The molecule has 1 aromatic heterocycles. The Morgan fingerprint density at radius 3 is 2.42 bits per heavy atom. The number of amides is 1. The van der Waals surface area contributed by atoms with Crippen LogP contribution in [0, 0.1) is 20.8 Å². The molecule has 1 unspecified atom stereocenters. The highest BCUT2D eigenvalue weighted by Crippen LogP contribution is 2.45. The van der Waals surface area contributed by atoms with Gasteiger partial charge in [0.05, 0.1) is 11.3 Å². The maximum absolute atomic E-state index is 13.1. The van der Waals surface area contributed by atoms with Crippen molar-refractivity contribution in [3.05, 3.63) is 86.8 Å². The van der Waals surface area contributed by atoms with Crippen LogP contribution in [0.5, 0.6) is 5.75 Å². The smallest absolute Gasteiger partial charge is 0.300 e. The number of hydrogen-bond acceptors (Lipinski definition) is 5. The van der Waals surface area contributed by atoms with Crippen molar-refractivity contribution in [3.8, 4) is 5.75 Å². The maximum atomic E-state index is 13.1. The summed E-state index contributed by atoms with van der Waals surface area (Å²) < 4.78 is 6.62. The summed E-state index contributed by atoms with van der Waals surface area (Å²) in [7, 11) is 0. The van der Waals surface area contributed by atoms with E-state index in [0.29, 0.717) is 17.1 Å². The number of hydrogen-bond donors (Lipinski definition) is 2. The summed E-state index contributed by atoms with van der Waals surface area (Å²) in [5, 5.41) is 21.6. The SMILES string of the molecule is Cc1ccc(O)c(N2C(=O)C(=O)/C(=C(\O)c3ccc(Br)c(C)c3)C2c2ccc(C)o2)c1. The zero-order chi connectivity index (χ0) is 22.4. The van der Waals surface area contributed by atoms with Gasteiger partial charge in [0.25, 0.3) is 11.7 Å². The van der Waals surface area contributed by atoms with E-state index in [9.17, 15) is 19.8 Å². The number of aromatic hydroxyl groups is 1. The quantitative estimate of drug-likeness (QED) is 0.301. The molecule has 4 rings (SSSR count). The minimum atomic E-state index is -1.02. The molecule has 1 fully saturated rings. The number of furan rings is 1. The zero-order valence-electron chi connectivity index (χ0n) is 17.1. The van der Waals surface area contributed by atoms with E-state index in [-0.39, 0.29) is 22.8 Å². The van der Waals surface area contributed by atoms with Gasteiger partial charge >= 0.3 is 0 Å². The van der Waals surface area contributed by atoms with Crippen molar-refractivity contribution in [2.45, 2.75) is 26.8 Å². The van der Waals surface area contributed by atoms with Crippen molar-refractivity contribution in [3.63, 3.8) is 0 Å². The molecule has 0 aliphatic carbocycles. The van der Waals surface area contributed by atoms with Gasteiger partial charge in [-0.2, -0.15) is 0 Å². The van der Waals surface area contributed by atoms with Crippen LogP contribution in [0.4, 0.5) is 5.69 Å². The number of rotatable bonds is 3. The first kappa shape index (κ1) is 20.9. The Labute approximate surface area is 187 Å². The van der Waals surface area contributed by atoms with Crippen LogP contribution in [-0.2, 0) is 9.59 Å². The molecule has 2 heterocycles. The number of carbonyl (C=O) groups excluding carboxylic acids is 2. The van der Waals surface area contributed by atoms with Crippen molar-refractivity contribution >= 4 is 39.1 Å². The fraction of sp³-hybridized carbons (Fsp3) is 0.167. The third-order valence-corrected chi connectivity index (χ3v) is 6.19. The van der Waals surface area contributed by atoms with Crippen molar-refractivity contribution in [1.29, 1.82) is 0 Å². The summed E-state index contributed by atoms with van der Waals surface area (Å²) in [5.74, 6) is -1.25. The van der Waals surface area contributed by atoms with Gasteiger partial charge in [-0.25, -0.2) is 0 Å². The van der Waals surface area contributed by atoms with Gasteiger partial charge in [0.2, 0.25) is 0 Å². The first-order chi connectivity index (χ1) is 14.7. The van der Waals surface area contributed by atoms with Gasteiger partial charge in [-0.05, 0) is 68.3 Å². The highest BCUT2D eigenvalue weighted by Gasteiger charge is 2.49. The van der Waals surface area contributed by atoms with Gasteiger partial charge in [-0.15, -0.1) is 0 Å². The van der Waals surface area contributed by atoms with E-state index in [1.54, 1.807) is 49.4 Å². The third-order valence-electron chi connectivity index (χ3n) is 5.30. The molecule has 1 aliphatic rings. The standard InChI is InChI=1S/C24H20BrNO5/c1-12-4-8-18(27)17(10-12)26-21(19-9-5-14(3)31-19)20(23(29)24(26)30)22(28)15-6-7-16(25)13(2)11-15/h4-11,21,27-28H,1-3H3/b22-20-. The summed E-state index contributed by atoms with van der Waals surface area (Å²) >= 11 is 3.42. The van der Waals surface area contributed by atoms with Gasteiger partial charge in [0, 0.05) is 10.0 Å². The highest BCUT2D eigenvalue weighted by molar-refractivity contribution is 9.10. The highest BCUT2D eigenvalue weighted by atomic mass is 79.9. The second-order valence-corrected chi connectivity index (χ2v) is 8.43. The molecule has 3 aromatic rings. The van der Waals surface area contributed by atoms with Crippen LogP contribution < -0.4 is 4.90 Å². The first-order valence-electron chi connectivity index (χ1n) is 9.62. The summed E-state index contributed by atoms with van der Waals surface area (Å²) in [4.78, 5) is 27.4. The Morgan fingerprint density at radius 1 is 1.03 bits per heavy atom. The Balaban J connectivity index is 1.98. The number of benzene rings is 2. The number of phenolic OH excluding ortho intramolecular Hbond substituents is 1. The van der Waals surface area contributed by atoms with Crippen LogP contribution in [0.1, 0.15) is 34.3 Å². The third kappa shape index (κ3) is 3.55. The molecule has 7 heteroatoms. The van der Waals surface area contributed by atoms with E-state index in [2.05, 4.69) is 15.9 Å². The van der Waals surface area contributed by atoms with Crippen LogP contribution in [0.3, 0.4) is 0 Å². The lowest BCUT2D eigenvalue weighted by Crippen LogP contribution is -2.29. The fourth-order valence-corrected chi connectivity index (χ4v) is 3.97. The molecule has 1 amide bonds. The number of anilines is 1. The molecule has 1 aliphatic heterocycles. The molecule has 1 saturated heterocycles.